The van der Waals surface area contributed by atoms with Gasteiger partial charge in [-0.05, 0) is 55.0 Å². The van der Waals surface area contributed by atoms with Crippen molar-refractivity contribution in [3.63, 3.8) is 0 Å². The summed E-state index contributed by atoms with van der Waals surface area (Å²) >= 11 is 0. The standard InChI is InChI=1S/C24H25NO5/c1-14-16-11-12-20(28-2)23(29-3)22(16)30-24(27)18(14)13-21(26)25-19-10-6-8-15-7-4-5-9-17(15)19/h4-5,7,9,11-12,19H,6,8,10,13H2,1-3H3,(H,25,26)/t19-/m0/s1. The molecular formula is C24H25NO5. The largest absolute Gasteiger partial charge is 0.493 e. The Balaban J connectivity index is 1.63. The molecular weight excluding hydrogens is 382 g/mol. The van der Waals surface area contributed by atoms with Crippen molar-refractivity contribution in [2.75, 3.05) is 14.2 Å². The van der Waals surface area contributed by atoms with E-state index in [1.807, 2.05) is 25.1 Å². The Hall–Kier alpha value is -3.28. The van der Waals surface area contributed by atoms with Gasteiger partial charge in [0.15, 0.2) is 11.3 Å². The molecule has 156 valence electrons. The number of nitrogens with one attached hydrogen (secondary N) is 1. The van der Waals surface area contributed by atoms with Gasteiger partial charge in [-0.25, -0.2) is 4.79 Å². The van der Waals surface area contributed by atoms with Gasteiger partial charge in [0.2, 0.25) is 11.7 Å². The molecule has 0 saturated heterocycles. The zero-order valence-corrected chi connectivity index (χ0v) is 17.4. The lowest BCUT2D eigenvalue weighted by molar-refractivity contribution is -0.121. The van der Waals surface area contributed by atoms with Gasteiger partial charge in [-0.3, -0.25) is 4.79 Å². The van der Waals surface area contributed by atoms with Gasteiger partial charge in [-0.2, -0.15) is 0 Å². The van der Waals surface area contributed by atoms with Gasteiger partial charge in [0.25, 0.3) is 0 Å². The van der Waals surface area contributed by atoms with Crippen LogP contribution >= 0.6 is 0 Å². The van der Waals surface area contributed by atoms with E-state index in [9.17, 15) is 9.59 Å². The molecule has 1 aromatic heterocycles. The summed E-state index contributed by atoms with van der Waals surface area (Å²) in [5.74, 6) is 0.658. The first kappa shape index (κ1) is 20.0. The summed E-state index contributed by atoms with van der Waals surface area (Å²) in [5, 5.41) is 3.82. The van der Waals surface area contributed by atoms with Crippen molar-refractivity contribution in [3.05, 3.63) is 69.1 Å². The van der Waals surface area contributed by atoms with Crippen molar-refractivity contribution in [2.45, 2.75) is 38.6 Å². The second kappa shape index (κ2) is 8.22. The van der Waals surface area contributed by atoms with E-state index >= 15 is 0 Å². The third-order valence-electron chi connectivity index (χ3n) is 5.84. The van der Waals surface area contributed by atoms with E-state index in [-0.39, 0.29) is 18.4 Å². The summed E-state index contributed by atoms with van der Waals surface area (Å²) in [6.07, 6.45) is 2.92. The highest BCUT2D eigenvalue weighted by molar-refractivity contribution is 5.90. The van der Waals surface area contributed by atoms with E-state index in [0.29, 0.717) is 28.2 Å². The molecule has 2 aromatic carbocycles. The fraction of sp³-hybridized carbons (Fsp3) is 0.333. The maximum atomic E-state index is 12.8. The Labute approximate surface area is 174 Å². The number of aryl methyl sites for hydroxylation is 2. The van der Waals surface area contributed by atoms with Crippen LogP contribution in [0.1, 0.15) is 41.1 Å². The van der Waals surface area contributed by atoms with E-state index in [1.54, 1.807) is 6.07 Å². The molecule has 1 aliphatic carbocycles. The molecule has 1 aliphatic rings. The Bertz CT molecular complexity index is 1160. The number of amides is 1. The first-order valence-electron chi connectivity index (χ1n) is 10.1. The second-order valence-corrected chi connectivity index (χ2v) is 7.56. The minimum atomic E-state index is -0.536. The van der Waals surface area contributed by atoms with Crippen molar-refractivity contribution in [1.29, 1.82) is 0 Å². The normalized spacial score (nSPS) is 15.5. The Morgan fingerprint density at radius 3 is 2.73 bits per heavy atom. The van der Waals surface area contributed by atoms with E-state index in [2.05, 4.69) is 17.4 Å². The number of methoxy groups -OCH3 is 2. The summed E-state index contributed by atoms with van der Waals surface area (Å²) in [6.45, 7) is 1.82. The number of benzene rings is 2. The van der Waals surface area contributed by atoms with Crippen LogP contribution in [0.2, 0.25) is 0 Å². The minimum Gasteiger partial charge on any atom is -0.493 e. The lowest BCUT2D eigenvalue weighted by atomic mass is 9.87. The SMILES string of the molecule is COc1ccc2c(C)c(CC(=O)N[C@H]3CCCc4ccccc43)c(=O)oc2c1OC. The highest BCUT2D eigenvalue weighted by Gasteiger charge is 2.23. The van der Waals surface area contributed by atoms with Crippen LogP contribution in [0.4, 0.5) is 0 Å². The molecule has 0 radical (unpaired) electrons. The van der Waals surface area contributed by atoms with E-state index in [4.69, 9.17) is 13.9 Å². The number of hydrogen-bond donors (Lipinski definition) is 1. The highest BCUT2D eigenvalue weighted by Crippen LogP contribution is 2.36. The monoisotopic (exact) mass is 407 g/mol. The van der Waals surface area contributed by atoms with Crippen molar-refractivity contribution < 1.29 is 18.7 Å². The van der Waals surface area contributed by atoms with Gasteiger partial charge in [-0.1, -0.05) is 24.3 Å². The molecule has 0 bridgehead atoms. The topological polar surface area (TPSA) is 77.8 Å². The Morgan fingerprint density at radius 2 is 1.97 bits per heavy atom. The van der Waals surface area contributed by atoms with Gasteiger partial charge >= 0.3 is 5.63 Å². The van der Waals surface area contributed by atoms with Crippen molar-refractivity contribution in [1.82, 2.24) is 5.32 Å². The van der Waals surface area contributed by atoms with Gasteiger partial charge in [-0.15, -0.1) is 0 Å². The van der Waals surface area contributed by atoms with Gasteiger partial charge in [0.05, 0.1) is 32.2 Å². The van der Waals surface area contributed by atoms with Crippen molar-refractivity contribution in [3.8, 4) is 11.5 Å². The molecule has 1 atom stereocenters. The smallest absolute Gasteiger partial charge is 0.340 e. The molecule has 4 rings (SSSR count). The molecule has 0 fully saturated rings. The lowest BCUT2D eigenvalue weighted by Gasteiger charge is -2.26. The quantitative estimate of drug-likeness (QED) is 0.650. The van der Waals surface area contributed by atoms with Crippen LogP contribution in [0.25, 0.3) is 11.0 Å². The van der Waals surface area contributed by atoms with E-state index in [0.717, 1.165) is 30.2 Å². The summed E-state index contributed by atoms with van der Waals surface area (Å²) in [5.41, 5.74) is 3.29. The number of fused-ring (bicyclic) bond motifs is 2. The highest BCUT2D eigenvalue weighted by atomic mass is 16.5. The Morgan fingerprint density at radius 1 is 1.17 bits per heavy atom. The average Bonchev–Trinajstić information content (AvgIpc) is 2.76. The number of rotatable bonds is 5. The molecule has 6 heteroatoms. The summed E-state index contributed by atoms with van der Waals surface area (Å²) < 4.78 is 16.2. The van der Waals surface area contributed by atoms with Crippen LogP contribution < -0.4 is 20.4 Å². The molecule has 1 heterocycles. The summed E-state index contributed by atoms with van der Waals surface area (Å²) in [7, 11) is 3.02. The molecule has 0 unspecified atom stereocenters. The van der Waals surface area contributed by atoms with Crippen molar-refractivity contribution in [2.24, 2.45) is 0 Å². The molecule has 0 spiro atoms. The molecule has 0 aliphatic heterocycles. The maximum Gasteiger partial charge on any atom is 0.340 e. The minimum absolute atomic E-state index is 0.0281. The molecule has 3 aromatic rings. The van der Waals surface area contributed by atoms with Gasteiger partial charge in [0.1, 0.15) is 0 Å². The first-order chi connectivity index (χ1) is 14.5. The first-order valence-corrected chi connectivity index (χ1v) is 10.1. The average molecular weight is 407 g/mol. The molecule has 1 amide bonds. The van der Waals surface area contributed by atoms with Crippen LogP contribution in [0.3, 0.4) is 0 Å². The van der Waals surface area contributed by atoms with E-state index < -0.39 is 5.63 Å². The maximum absolute atomic E-state index is 12.8. The lowest BCUT2D eigenvalue weighted by Crippen LogP contribution is -2.33. The number of ether oxygens (including phenoxy) is 2. The van der Waals surface area contributed by atoms with Gasteiger partial charge < -0.3 is 19.2 Å². The van der Waals surface area contributed by atoms with Crippen LogP contribution in [-0.2, 0) is 17.6 Å². The van der Waals surface area contributed by atoms with Crippen LogP contribution in [-0.4, -0.2) is 20.1 Å². The third kappa shape index (κ3) is 3.54. The third-order valence-corrected chi connectivity index (χ3v) is 5.84. The zero-order chi connectivity index (χ0) is 21.3. The summed E-state index contributed by atoms with van der Waals surface area (Å²) in [6, 6.07) is 11.7. The number of carbonyl (C=O) groups excluding carboxylic acids is 1. The predicted octanol–water partition coefficient (Wildman–Crippen LogP) is 3.85. The number of carbonyl (C=O) groups is 1. The molecule has 0 saturated carbocycles. The van der Waals surface area contributed by atoms with Crippen LogP contribution in [0.15, 0.2) is 45.6 Å². The fourth-order valence-corrected chi connectivity index (χ4v) is 4.28. The van der Waals surface area contributed by atoms with Crippen LogP contribution in [0.5, 0.6) is 11.5 Å². The molecule has 30 heavy (non-hydrogen) atoms. The molecule has 1 N–H and O–H groups in total. The predicted molar refractivity (Wildman–Crippen MR) is 114 cm³/mol. The molecule has 6 nitrogen and oxygen atoms in total. The Kier molecular flexibility index (Phi) is 5.48. The van der Waals surface area contributed by atoms with Gasteiger partial charge in [0, 0.05) is 5.39 Å². The van der Waals surface area contributed by atoms with Crippen molar-refractivity contribution >= 4 is 16.9 Å². The second-order valence-electron chi connectivity index (χ2n) is 7.56. The fourth-order valence-electron chi connectivity index (χ4n) is 4.28. The zero-order valence-electron chi connectivity index (χ0n) is 17.4. The van der Waals surface area contributed by atoms with Crippen LogP contribution in [0, 0.1) is 6.92 Å². The van der Waals surface area contributed by atoms with E-state index in [1.165, 1.54) is 19.8 Å². The number of hydrogen-bond acceptors (Lipinski definition) is 5. The summed E-state index contributed by atoms with van der Waals surface area (Å²) in [4.78, 5) is 25.5.